The van der Waals surface area contributed by atoms with Crippen molar-refractivity contribution in [3.8, 4) is 0 Å². The standard InChI is InChI=1S/C29H34N6O/c1-3-10-23(11-4-1)12-9-17-33-18-20-34(21-19-33)28(27-22-24-13-7-8-16-26(24)36-27)29-30-31-32-35(29)25-14-5-2-6-15-25/h1,3-4,7-13,16,22,25,28H,2,5-6,14-15,17-21H2/b12-9+. The van der Waals surface area contributed by atoms with Crippen molar-refractivity contribution < 1.29 is 4.42 Å². The number of aromatic nitrogens is 4. The van der Waals surface area contributed by atoms with Crippen LogP contribution in [0.5, 0.6) is 0 Å². The van der Waals surface area contributed by atoms with E-state index in [0.29, 0.717) is 6.04 Å². The summed E-state index contributed by atoms with van der Waals surface area (Å²) in [4.78, 5) is 5.01. The van der Waals surface area contributed by atoms with Gasteiger partial charge in [0.15, 0.2) is 5.82 Å². The maximum Gasteiger partial charge on any atom is 0.176 e. The van der Waals surface area contributed by atoms with Crippen LogP contribution in [0.1, 0.15) is 61.3 Å². The molecule has 0 spiro atoms. The molecule has 36 heavy (non-hydrogen) atoms. The summed E-state index contributed by atoms with van der Waals surface area (Å²) in [6.07, 6.45) is 10.6. The minimum absolute atomic E-state index is 0.0867. The molecule has 1 saturated heterocycles. The van der Waals surface area contributed by atoms with Gasteiger partial charge < -0.3 is 4.42 Å². The van der Waals surface area contributed by atoms with Crippen LogP contribution in [-0.2, 0) is 0 Å². The molecule has 0 N–H and O–H groups in total. The van der Waals surface area contributed by atoms with E-state index in [2.05, 4.69) is 90.7 Å². The van der Waals surface area contributed by atoms with E-state index in [1.807, 2.05) is 12.1 Å². The van der Waals surface area contributed by atoms with Gasteiger partial charge in [0.05, 0.1) is 6.04 Å². The van der Waals surface area contributed by atoms with Gasteiger partial charge in [0, 0.05) is 38.1 Å². The van der Waals surface area contributed by atoms with Gasteiger partial charge in [0.25, 0.3) is 0 Å². The van der Waals surface area contributed by atoms with Gasteiger partial charge in [-0.1, -0.05) is 79.9 Å². The van der Waals surface area contributed by atoms with Crippen LogP contribution in [0.25, 0.3) is 17.0 Å². The maximum atomic E-state index is 6.41. The Morgan fingerprint density at radius 2 is 1.69 bits per heavy atom. The van der Waals surface area contributed by atoms with Crippen LogP contribution in [0.3, 0.4) is 0 Å². The second-order valence-corrected chi connectivity index (χ2v) is 10.0. The molecular weight excluding hydrogens is 448 g/mol. The average Bonchev–Trinajstić information content (AvgIpc) is 3.59. The van der Waals surface area contributed by atoms with Gasteiger partial charge in [-0.05, 0) is 41.0 Å². The molecule has 3 heterocycles. The molecule has 0 amide bonds. The Bertz CT molecular complexity index is 1250. The van der Waals surface area contributed by atoms with Gasteiger partial charge in [0.1, 0.15) is 17.4 Å². The Morgan fingerprint density at radius 1 is 0.917 bits per heavy atom. The van der Waals surface area contributed by atoms with Crippen molar-refractivity contribution >= 4 is 17.0 Å². The summed E-state index contributed by atoms with van der Waals surface area (Å²) in [5.41, 5.74) is 2.16. The second kappa shape index (κ2) is 10.8. The van der Waals surface area contributed by atoms with E-state index in [9.17, 15) is 0 Å². The van der Waals surface area contributed by atoms with E-state index in [4.69, 9.17) is 4.42 Å². The molecule has 2 aromatic heterocycles. The Labute approximate surface area is 212 Å². The first-order valence-corrected chi connectivity index (χ1v) is 13.3. The molecular formula is C29H34N6O. The predicted molar refractivity (Wildman–Crippen MR) is 141 cm³/mol. The van der Waals surface area contributed by atoms with Crippen molar-refractivity contribution in [1.29, 1.82) is 0 Å². The van der Waals surface area contributed by atoms with E-state index in [1.54, 1.807) is 0 Å². The Hall–Kier alpha value is -3.29. The summed E-state index contributed by atoms with van der Waals surface area (Å²) >= 11 is 0. The smallest absolute Gasteiger partial charge is 0.176 e. The average molecular weight is 483 g/mol. The number of tetrazole rings is 1. The summed E-state index contributed by atoms with van der Waals surface area (Å²) < 4.78 is 8.52. The van der Waals surface area contributed by atoms with Gasteiger partial charge in [-0.25, -0.2) is 4.68 Å². The summed E-state index contributed by atoms with van der Waals surface area (Å²) in [7, 11) is 0. The van der Waals surface area contributed by atoms with E-state index in [1.165, 1.54) is 24.8 Å². The molecule has 1 atom stereocenters. The molecule has 4 aromatic rings. The van der Waals surface area contributed by atoms with Gasteiger partial charge in [0.2, 0.25) is 0 Å². The monoisotopic (exact) mass is 482 g/mol. The lowest BCUT2D eigenvalue weighted by Gasteiger charge is -2.38. The first kappa shape index (κ1) is 23.1. The van der Waals surface area contributed by atoms with Gasteiger partial charge in [-0.2, -0.15) is 0 Å². The number of hydrogen-bond acceptors (Lipinski definition) is 6. The number of para-hydroxylation sites is 1. The topological polar surface area (TPSA) is 63.2 Å². The fourth-order valence-electron chi connectivity index (χ4n) is 5.68. The van der Waals surface area contributed by atoms with E-state index in [-0.39, 0.29) is 6.04 Å². The highest BCUT2D eigenvalue weighted by molar-refractivity contribution is 5.77. The first-order chi connectivity index (χ1) is 17.8. The predicted octanol–water partition coefficient (Wildman–Crippen LogP) is 5.34. The summed E-state index contributed by atoms with van der Waals surface area (Å²) in [5.74, 6) is 1.85. The van der Waals surface area contributed by atoms with Crippen molar-refractivity contribution in [2.45, 2.75) is 44.2 Å². The molecule has 0 bridgehead atoms. The number of benzene rings is 2. The number of fused-ring (bicyclic) bond motifs is 1. The summed E-state index contributed by atoms with van der Waals surface area (Å²) in [6, 6.07) is 21.2. The second-order valence-electron chi connectivity index (χ2n) is 10.0. The van der Waals surface area contributed by atoms with E-state index >= 15 is 0 Å². The lowest BCUT2D eigenvalue weighted by atomic mass is 9.95. The van der Waals surface area contributed by atoms with Crippen LogP contribution in [0.2, 0.25) is 0 Å². The third-order valence-electron chi connectivity index (χ3n) is 7.64. The molecule has 1 aliphatic carbocycles. The molecule has 7 nitrogen and oxygen atoms in total. The Kier molecular flexibility index (Phi) is 6.92. The van der Waals surface area contributed by atoms with Gasteiger partial charge in [-0.15, -0.1) is 5.10 Å². The zero-order valence-corrected chi connectivity index (χ0v) is 20.7. The van der Waals surface area contributed by atoms with E-state index < -0.39 is 0 Å². The molecule has 6 rings (SSSR count). The lowest BCUT2D eigenvalue weighted by Crippen LogP contribution is -2.48. The lowest BCUT2D eigenvalue weighted by molar-refractivity contribution is 0.102. The van der Waals surface area contributed by atoms with Crippen LogP contribution in [-0.4, -0.2) is 62.7 Å². The largest absolute Gasteiger partial charge is 0.459 e. The number of piperazine rings is 1. The summed E-state index contributed by atoms with van der Waals surface area (Å²) in [6.45, 7) is 4.84. The van der Waals surface area contributed by atoms with Gasteiger partial charge in [-0.3, -0.25) is 9.80 Å². The van der Waals surface area contributed by atoms with Crippen LogP contribution >= 0.6 is 0 Å². The first-order valence-electron chi connectivity index (χ1n) is 13.3. The quantitative estimate of drug-likeness (QED) is 0.354. The highest BCUT2D eigenvalue weighted by Gasteiger charge is 2.34. The van der Waals surface area contributed by atoms with Crippen molar-refractivity contribution in [3.63, 3.8) is 0 Å². The molecule has 0 radical (unpaired) electrons. The fourth-order valence-corrected chi connectivity index (χ4v) is 5.68. The van der Waals surface area contributed by atoms with Crippen LogP contribution in [0, 0.1) is 0 Å². The number of rotatable bonds is 7. The molecule has 1 saturated carbocycles. The zero-order chi connectivity index (χ0) is 24.2. The Balaban J connectivity index is 1.22. The number of furan rings is 1. The molecule has 186 valence electrons. The minimum Gasteiger partial charge on any atom is -0.459 e. The molecule has 1 unspecified atom stereocenters. The molecule has 1 aliphatic heterocycles. The van der Waals surface area contributed by atoms with Crippen LogP contribution in [0.15, 0.2) is 71.2 Å². The number of nitrogens with zero attached hydrogens (tertiary/aromatic N) is 6. The zero-order valence-electron chi connectivity index (χ0n) is 20.7. The molecule has 7 heteroatoms. The SMILES string of the molecule is C(=C\c1ccccc1)/CN1CCN(C(c2cc3ccccc3o2)c2nnnn2C2CCCCC2)CC1. The number of hydrogen-bond donors (Lipinski definition) is 0. The van der Waals surface area contributed by atoms with Crippen LogP contribution < -0.4 is 0 Å². The molecule has 2 aromatic carbocycles. The summed E-state index contributed by atoms with van der Waals surface area (Å²) in [5, 5.41) is 14.4. The Morgan fingerprint density at radius 3 is 2.50 bits per heavy atom. The van der Waals surface area contributed by atoms with Crippen LogP contribution in [0.4, 0.5) is 0 Å². The third kappa shape index (κ3) is 4.99. The van der Waals surface area contributed by atoms with E-state index in [0.717, 1.165) is 68.1 Å². The van der Waals surface area contributed by atoms with Crippen molar-refractivity contribution in [2.75, 3.05) is 32.7 Å². The molecule has 2 fully saturated rings. The van der Waals surface area contributed by atoms with Crippen molar-refractivity contribution in [1.82, 2.24) is 30.0 Å². The normalized spacial score (nSPS) is 19.3. The minimum atomic E-state index is -0.0867. The highest BCUT2D eigenvalue weighted by Crippen LogP contribution is 2.35. The van der Waals surface area contributed by atoms with Crippen molar-refractivity contribution in [3.05, 3.63) is 83.9 Å². The maximum absolute atomic E-state index is 6.41. The highest BCUT2D eigenvalue weighted by atomic mass is 16.3. The third-order valence-corrected chi connectivity index (χ3v) is 7.64. The fraction of sp³-hybridized carbons (Fsp3) is 0.414. The molecule has 2 aliphatic rings. The van der Waals surface area contributed by atoms with Gasteiger partial charge >= 0.3 is 0 Å². The van der Waals surface area contributed by atoms with Crippen molar-refractivity contribution in [2.24, 2.45) is 0 Å².